The Morgan fingerprint density at radius 2 is 1.95 bits per heavy atom. The van der Waals surface area contributed by atoms with Crippen molar-refractivity contribution in [2.24, 2.45) is 5.73 Å². The molecule has 1 heterocycles. The van der Waals surface area contributed by atoms with Gasteiger partial charge in [0.1, 0.15) is 5.75 Å². The van der Waals surface area contributed by atoms with Crippen LogP contribution in [0.15, 0.2) is 41.3 Å². The molecule has 1 aliphatic rings. The monoisotopic (exact) mass is 285 g/mol. The Kier molecular flexibility index (Phi) is 3.99. The van der Waals surface area contributed by atoms with Crippen molar-refractivity contribution in [2.45, 2.75) is 17.7 Å². The molecule has 1 aliphatic heterocycles. The standard InChI is InChI=1S/C17H19NOS/c1-20-16-4-2-12(3-5-16)15-10-13(6-8-18)17-14(11-15)7-9-19-17/h2-5,10-11H,6-9,18H2,1H3. The molecule has 3 heteroatoms. The van der Waals surface area contributed by atoms with Crippen LogP contribution in [0.25, 0.3) is 11.1 Å². The number of fused-ring (bicyclic) bond motifs is 1. The van der Waals surface area contributed by atoms with E-state index in [0.29, 0.717) is 6.54 Å². The highest BCUT2D eigenvalue weighted by atomic mass is 32.2. The lowest BCUT2D eigenvalue weighted by atomic mass is 9.97. The average molecular weight is 285 g/mol. The van der Waals surface area contributed by atoms with Crippen molar-refractivity contribution in [1.82, 2.24) is 0 Å². The highest BCUT2D eigenvalue weighted by Crippen LogP contribution is 2.35. The summed E-state index contributed by atoms with van der Waals surface area (Å²) >= 11 is 1.77. The third kappa shape index (κ3) is 2.56. The van der Waals surface area contributed by atoms with Gasteiger partial charge in [0.05, 0.1) is 6.61 Å². The summed E-state index contributed by atoms with van der Waals surface area (Å²) in [6.07, 6.45) is 3.98. The SMILES string of the molecule is CSc1ccc(-c2cc(CCN)c3c(c2)CCO3)cc1. The molecule has 0 saturated heterocycles. The van der Waals surface area contributed by atoms with E-state index in [2.05, 4.69) is 42.7 Å². The van der Waals surface area contributed by atoms with Crippen molar-refractivity contribution < 1.29 is 4.74 Å². The molecule has 20 heavy (non-hydrogen) atoms. The first-order valence-corrected chi connectivity index (χ1v) is 8.17. The molecule has 0 bridgehead atoms. The molecule has 104 valence electrons. The van der Waals surface area contributed by atoms with Gasteiger partial charge in [-0.05, 0) is 65.7 Å². The molecule has 0 amide bonds. The van der Waals surface area contributed by atoms with Gasteiger partial charge >= 0.3 is 0 Å². The van der Waals surface area contributed by atoms with E-state index >= 15 is 0 Å². The molecule has 0 unspecified atom stereocenters. The summed E-state index contributed by atoms with van der Waals surface area (Å²) in [5.74, 6) is 1.07. The zero-order valence-electron chi connectivity index (χ0n) is 11.7. The van der Waals surface area contributed by atoms with Gasteiger partial charge in [-0.1, -0.05) is 12.1 Å². The summed E-state index contributed by atoms with van der Waals surface area (Å²) in [4.78, 5) is 1.29. The number of hydrogen-bond donors (Lipinski definition) is 1. The second-order valence-corrected chi connectivity index (χ2v) is 5.87. The van der Waals surface area contributed by atoms with Crippen molar-refractivity contribution in [1.29, 1.82) is 0 Å². The summed E-state index contributed by atoms with van der Waals surface area (Å²) in [6, 6.07) is 13.2. The molecule has 3 rings (SSSR count). The molecule has 0 saturated carbocycles. The molecule has 0 fully saturated rings. The van der Waals surface area contributed by atoms with E-state index in [-0.39, 0.29) is 0 Å². The Labute approximate surface area is 124 Å². The summed E-state index contributed by atoms with van der Waals surface area (Å²) in [7, 11) is 0. The first-order chi connectivity index (χ1) is 9.81. The van der Waals surface area contributed by atoms with Crippen molar-refractivity contribution >= 4 is 11.8 Å². The van der Waals surface area contributed by atoms with Crippen LogP contribution >= 0.6 is 11.8 Å². The summed E-state index contributed by atoms with van der Waals surface area (Å²) in [5, 5.41) is 0. The molecule has 0 radical (unpaired) electrons. The van der Waals surface area contributed by atoms with Crippen molar-refractivity contribution in [3.63, 3.8) is 0 Å². The Balaban J connectivity index is 2.02. The molecule has 2 aromatic carbocycles. The Hall–Kier alpha value is -1.45. The first kappa shape index (κ1) is 13.5. The Morgan fingerprint density at radius 3 is 2.65 bits per heavy atom. The van der Waals surface area contributed by atoms with Crippen molar-refractivity contribution in [3.8, 4) is 16.9 Å². The minimum atomic E-state index is 0.657. The highest BCUT2D eigenvalue weighted by molar-refractivity contribution is 7.98. The van der Waals surface area contributed by atoms with Crippen LogP contribution < -0.4 is 10.5 Å². The van der Waals surface area contributed by atoms with E-state index < -0.39 is 0 Å². The fraction of sp³-hybridized carbons (Fsp3) is 0.294. The van der Waals surface area contributed by atoms with Crippen LogP contribution in [-0.4, -0.2) is 19.4 Å². The molecule has 0 aromatic heterocycles. The fourth-order valence-corrected chi connectivity index (χ4v) is 3.09. The number of benzene rings is 2. The maximum absolute atomic E-state index is 5.75. The highest BCUT2D eigenvalue weighted by Gasteiger charge is 2.17. The van der Waals surface area contributed by atoms with Gasteiger partial charge in [-0.15, -0.1) is 11.8 Å². The van der Waals surface area contributed by atoms with Crippen molar-refractivity contribution in [2.75, 3.05) is 19.4 Å². The van der Waals surface area contributed by atoms with Gasteiger partial charge in [-0.3, -0.25) is 0 Å². The fourth-order valence-electron chi connectivity index (χ4n) is 2.68. The van der Waals surface area contributed by atoms with Gasteiger partial charge < -0.3 is 10.5 Å². The molecule has 2 nitrogen and oxygen atoms in total. The van der Waals surface area contributed by atoms with E-state index in [1.807, 2.05) is 0 Å². The largest absolute Gasteiger partial charge is 0.493 e. The van der Waals surface area contributed by atoms with E-state index in [4.69, 9.17) is 10.5 Å². The average Bonchev–Trinajstić information content (AvgIpc) is 2.96. The van der Waals surface area contributed by atoms with Gasteiger partial charge in [0.25, 0.3) is 0 Å². The lowest BCUT2D eigenvalue weighted by Gasteiger charge is -2.11. The Morgan fingerprint density at radius 1 is 1.15 bits per heavy atom. The molecule has 2 aromatic rings. The van der Waals surface area contributed by atoms with E-state index in [9.17, 15) is 0 Å². The zero-order valence-corrected chi connectivity index (χ0v) is 12.5. The van der Waals surface area contributed by atoms with Crippen LogP contribution in [0, 0.1) is 0 Å². The maximum Gasteiger partial charge on any atom is 0.125 e. The predicted molar refractivity (Wildman–Crippen MR) is 85.6 cm³/mol. The summed E-state index contributed by atoms with van der Waals surface area (Å²) < 4.78 is 5.75. The van der Waals surface area contributed by atoms with E-state index in [1.165, 1.54) is 27.1 Å². The molecule has 2 N–H and O–H groups in total. The summed E-state index contributed by atoms with van der Waals surface area (Å²) in [6.45, 7) is 1.45. The van der Waals surface area contributed by atoms with Gasteiger partial charge in [0.15, 0.2) is 0 Å². The van der Waals surface area contributed by atoms with Crippen LogP contribution in [-0.2, 0) is 12.8 Å². The molecule has 0 atom stereocenters. The smallest absolute Gasteiger partial charge is 0.125 e. The Bertz CT molecular complexity index is 607. The quantitative estimate of drug-likeness (QED) is 0.873. The van der Waals surface area contributed by atoms with Crippen LogP contribution in [0.3, 0.4) is 0 Å². The number of thioether (sulfide) groups is 1. The molecule has 0 aliphatic carbocycles. The van der Waals surface area contributed by atoms with Crippen LogP contribution in [0.5, 0.6) is 5.75 Å². The molecular formula is C17H19NOS. The topological polar surface area (TPSA) is 35.2 Å². The first-order valence-electron chi connectivity index (χ1n) is 6.95. The zero-order chi connectivity index (χ0) is 13.9. The number of hydrogen-bond acceptors (Lipinski definition) is 3. The predicted octanol–water partition coefficient (Wildman–Crippen LogP) is 3.51. The van der Waals surface area contributed by atoms with Gasteiger partial charge in [0, 0.05) is 11.3 Å². The lowest BCUT2D eigenvalue weighted by Crippen LogP contribution is -2.04. The van der Waals surface area contributed by atoms with Gasteiger partial charge in [0.2, 0.25) is 0 Å². The minimum Gasteiger partial charge on any atom is -0.493 e. The number of rotatable bonds is 4. The summed E-state index contributed by atoms with van der Waals surface area (Å²) in [5.41, 5.74) is 10.8. The van der Waals surface area contributed by atoms with E-state index in [0.717, 1.165) is 25.2 Å². The maximum atomic E-state index is 5.75. The second-order valence-electron chi connectivity index (χ2n) is 4.99. The van der Waals surface area contributed by atoms with Gasteiger partial charge in [-0.25, -0.2) is 0 Å². The van der Waals surface area contributed by atoms with Crippen LogP contribution in [0.2, 0.25) is 0 Å². The minimum absolute atomic E-state index is 0.657. The second kappa shape index (κ2) is 5.90. The van der Waals surface area contributed by atoms with Crippen LogP contribution in [0.1, 0.15) is 11.1 Å². The number of ether oxygens (including phenoxy) is 1. The molecule has 0 spiro atoms. The molecular weight excluding hydrogens is 266 g/mol. The normalized spacial score (nSPS) is 13.1. The van der Waals surface area contributed by atoms with Gasteiger partial charge in [-0.2, -0.15) is 0 Å². The third-order valence-electron chi connectivity index (χ3n) is 3.70. The van der Waals surface area contributed by atoms with E-state index in [1.54, 1.807) is 11.8 Å². The van der Waals surface area contributed by atoms with Crippen molar-refractivity contribution in [3.05, 3.63) is 47.5 Å². The lowest BCUT2D eigenvalue weighted by molar-refractivity contribution is 0.353. The number of nitrogens with two attached hydrogens (primary N) is 1. The van der Waals surface area contributed by atoms with Crippen LogP contribution in [0.4, 0.5) is 0 Å². The third-order valence-corrected chi connectivity index (χ3v) is 4.44.